The van der Waals surface area contributed by atoms with Crippen LogP contribution in [0.15, 0.2) is 12.3 Å². The maximum Gasteiger partial charge on any atom is 0.433 e. The Morgan fingerprint density at radius 1 is 1.20 bits per heavy atom. The van der Waals surface area contributed by atoms with Gasteiger partial charge in [-0.25, -0.2) is 9.97 Å². The Bertz CT molecular complexity index is 410. The second-order valence-corrected chi connectivity index (χ2v) is 5.12. The highest BCUT2D eigenvalue weighted by Crippen LogP contribution is 2.27. The Morgan fingerprint density at radius 2 is 1.80 bits per heavy atom. The van der Waals surface area contributed by atoms with Gasteiger partial charge in [-0.15, -0.1) is 0 Å². The van der Waals surface area contributed by atoms with E-state index in [0.717, 1.165) is 18.8 Å². The van der Waals surface area contributed by atoms with Gasteiger partial charge in [-0.1, -0.05) is 0 Å². The molecular formula is C13H21F3N4. The minimum absolute atomic E-state index is 0.00675. The SMILES string of the molecule is CC(C)N(CCNc1nccc(C(F)(F)F)n1)C(C)C. The largest absolute Gasteiger partial charge is 0.433 e. The summed E-state index contributed by atoms with van der Waals surface area (Å²) < 4.78 is 37.5. The standard InChI is InChI=1S/C13H21F3N4/c1-9(2)20(10(3)4)8-7-18-12-17-6-5-11(19-12)13(14,15)16/h5-6,9-10H,7-8H2,1-4H3,(H,17,18,19). The van der Waals surface area contributed by atoms with Crippen LogP contribution in [0, 0.1) is 0 Å². The highest BCUT2D eigenvalue weighted by Gasteiger charge is 2.32. The van der Waals surface area contributed by atoms with Crippen molar-refractivity contribution in [1.29, 1.82) is 0 Å². The van der Waals surface area contributed by atoms with E-state index in [1.54, 1.807) is 0 Å². The predicted molar refractivity (Wildman–Crippen MR) is 72.5 cm³/mol. The monoisotopic (exact) mass is 290 g/mol. The van der Waals surface area contributed by atoms with Crippen LogP contribution >= 0.6 is 0 Å². The highest BCUT2D eigenvalue weighted by molar-refractivity contribution is 5.25. The molecule has 1 aromatic rings. The van der Waals surface area contributed by atoms with Crippen molar-refractivity contribution >= 4 is 5.95 Å². The van der Waals surface area contributed by atoms with Gasteiger partial charge in [0.15, 0.2) is 0 Å². The van der Waals surface area contributed by atoms with Gasteiger partial charge >= 0.3 is 6.18 Å². The van der Waals surface area contributed by atoms with E-state index < -0.39 is 11.9 Å². The van der Waals surface area contributed by atoms with Crippen molar-refractivity contribution in [3.63, 3.8) is 0 Å². The molecule has 0 unspecified atom stereocenters. The number of alkyl halides is 3. The molecule has 1 N–H and O–H groups in total. The summed E-state index contributed by atoms with van der Waals surface area (Å²) in [6.45, 7) is 9.55. The Morgan fingerprint density at radius 3 is 2.30 bits per heavy atom. The molecule has 114 valence electrons. The van der Waals surface area contributed by atoms with Crippen LogP contribution in [0.5, 0.6) is 0 Å². The number of hydrogen-bond acceptors (Lipinski definition) is 4. The van der Waals surface area contributed by atoms with E-state index in [1.165, 1.54) is 0 Å². The number of anilines is 1. The van der Waals surface area contributed by atoms with Crippen LogP contribution < -0.4 is 5.32 Å². The molecule has 0 aliphatic carbocycles. The van der Waals surface area contributed by atoms with Gasteiger partial charge in [-0.05, 0) is 33.8 Å². The van der Waals surface area contributed by atoms with Gasteiger partial charge in [0.25, 0.3) is 0 Å². The smallest absolute Gasteiger partial charge is 0.353 e. The van der Waals surface area contributed by atoms with Crippen LogP contribution in [-0.2, 0) is 6.18 Å². The van der Waals surface area contributed by atoms with Crippen LogP contribution in [0.1, 0.15) is 33.4 Å². The maximum atomic E-state index is 12.5. The first kappa shape index (κ1) is 16.7. The summed E-state index contributed by atoms with van der Waals surface area (Å²) in [5.41, 5.74) is -0.931. The minimum atomic E-state index is -4.44. The van der Waals surface area contributed by atoms with E-state index in [4.69, 9.17) is 0 Å². The molecule has 0 radical (unpaired) electrons. The van der Waals surface area contributed by atoms with Crippen molar-refractivity contribution < 1.29 is 13.2 Å². The van der Waals surface area contributed by atoms with E-state index in [9.17, 15) is 13.2 Å². The van der Waals surface area contributed by atoms with E-state index >= 15 is 0 Å². The molecular weight excluding hydrogens is 269 g/mol. The topological polar surface area (TPSA) is 41.0 Å². The molecule has 0 aliphatic rings. The lowest BCUT2D eigenvalue weighted by atomic mass is 10.2. The Labute approximate surface area is 117 Å². The van der Waals surface area contributed by atoms with Gasteiger partial charge in [0.1, 0.15) is 5.69 Å². The second kappa shape index (κ2) is 6.88. The van der Waals surface area contributed by atoms with Gasteiger partial charge in [0.05, 0.1) is 0 Å². The molecule has 1 rings (SSSR count). The fourth-order valence-electron chi connectivity index (χ4n) is 2.01. The highest BCUT2D eigenvalue weighted by atomic mass is 19.4. The number of rotatable bonds is 6. The summed E-state index contributed by atoms with van der Waals surface area (Å²) in [6, 6.07) is 1.61. The van der Waals surface area contributed by atoms with E-state index in [-0.39, 0.29) is 5.95 Å². The Hall–Kier alpha value is -1.37. The lowest BCUT2D eigenvalue weighted by Crippen LogP contribution is -2.40. The number of halogens is 3. The Kier molecular flexibility index (Phi) is 5.74. The first-order valence-electron chi connectivity index (χ1n) is 6.61. The summed E-state index contributed by atoms with van der Waals surface area (Å²) in [5.74, 6) is 0.00675. The van der Waals surface area contributed by atoms with E-state index in [2.05, 4.69) is 47.9 Å². The van der Waals surface area contributed by atoms with Gasteiger partial charge in [0.2, 0.25) is 5.95 Å². The van der Waals surface area contributed by atoms with Crippen LogP contribution in [0.3, 0.4) is 0 Å². The zero-order valence-corrected chi connectivity index (χ0v) is 12.2. The summed E-state index contributed by atoms with van der Waals surface area (Å²) in [5, 5.41) is 2.83. The number of aromatic nitrogens is 2. The number of nitrogens with one attached hydrogen (secondary N) is 1. The van der Waals surface area contributed by atoms with Crippen LogP contribution in [0.4, 0.5) is 19.1 Å². The molecule has 20 heavy (non-hydrogen) atoms. The van der Waals surface area contributed by atoms with Crippen molar-refractivity contribution in [3.8, 4) is 0 Å². The van der Waals surface area contributed by atoms with Gasteiger partial charge in [-0.3, -0.25) is 4.90 Å². The molecule has 0 aromatic carbocycles. The van der Waals surface area contributed by atoms with Crippen LogP contribution in [-0.4, -0.2) is 40.0 Å². The number of hydrogen-bond donors (Lipinski definition) is 1. The first-order valence-corrected chi connectivity index (χ1v) is 6.61. The van der Waals surface area contributed by atoms with Gasteiger partial charge < -0.3 is 5.32 Å². The lowest BCUT2D eigenvalue weighted by Gasteiger charge is -2.30. The van der Waals surface area contributed by atoms with Crippen LogP contribution in [0.2, 0.25) is 0 Å². The molecule has 1 aromatic heterocycles. The van der Waals surface area contributed by atoms with Crippen LogP contribution in [0.25, 0.3) is 0 Å². The molecule has 1 heterocycles. The Balaban J connectivity index is 2.58. The molecule has 4 nitrogen and oxygen atoms in total. The zero-order chi connectivity index (χ0) is 15.3. The molecule has 0 bridgehead atoms. The average molecular weight is 290 g/mol. The first-order chi connectivity index (χ1) is 9.21. The molecule has 0 fully saturated rings. The molecule has 0 amide bonds. The lowest BCUT2D eigenvalue weighted by molar-refractivity contribution is -0.141. The third kappa shape index (κ3) is 4.96. The van der Waals surface area contributed by atoms with E-state index in [0.29, 0.717) is 18.6 Å². The van der Waals surface area contributed by atoms with Crippen molar-refractivity contribution in [2.45, 2.75) is 46.0 Å². The summed E-state index contributed by atoms with van der Waals surface area (Å²) in [4.78, 5) is 9.50. The van der Waals surface area contributed by atoms with Gasteiger partial charge in [-0.2, -0.15) is 13.2 Å². The molecule has 0 spiro atoms. The molecule has 7 heteroatoms. The van der Waals surface area contributed by atoms with Crippen molar-refractivity contribution in [2.75, 3.05) is 18.4 Å². The third-order valence-electron chi connectivity index (χ3n) is 2.93. The summed E-state index contributed by atoms with van der Waals surface area (Å²) in [6.07, 6.45) is -3.33. The predicted octanol–water partition coefficient (Wildman–Crippen LogP) is 3.03. The maximum absolute atomic E-state index is 12.5. The van der Waals surface area contributed by atoms with Gasteiger partial charge in [0, 0.05) is 31.4 Å². The summed E-state index contributed by atoms with van der Waals surface area (Å²) >= 11 is 0. The van der Waals surface area contributed by atoms with Crippen molar-refractivity contribution in [3.05, 3.63) is 18.0 Å². The second-order valence-electron chi connectivity index (χ2n) is 5.12. The normalized spacial score (nSPS) is 12.5. The van der Waals surface area contributed by atoms with E-state index in [1.807, 2.05) is 0 Å². The van der Waals surface area contributed by atoms with Crippen molar-refractivity contribution in [2.24, 2.45) is 0 Å². The zero-order valence-electron chi connectivity index (χ0n) is 12.2. The average Bonchev–Trinajstić information content (AvgIpc) is 2.33. The third-order valence-corrected chi connectivity index (χ3v) is 2.93. The number of nitrogens with zero attached hydrogens (tertiary/aromatic N) is 3. The fraction of sp³-hybridized carbons (Fsp3) is 0.692. The minimum Gasteiger partial charge on any atom is -0.353 e. The molecule has 0 saturated heterocycles. The molecule has 0 aliphatic heterocycles. The fourth-order valence-corrected chi connectivity index (χ4v) is 2.01. The quantitative estimate of drug-likeness (QED) is 0.874. The summed E-state index contributed by atoms with van der Waals surface area (Å²) in [7, 11) is 0. The molecule has 0 saturated carbocycles. The van der Waals surface area contributed by atoms with Crippen molar-refractivity contribution in [1.82, 2.24) is 14.9 Å². The molecule has 0 atom stereocenters.